The number of aromatic nitrogens is 2. The van der Waals surface area contributed by atoms with Crippen molar-refractivity contribution < 1.29 is 0 Å². The zero-order chi connectivity index (χ0) is 14.5. The molecule has 0 amide bonds. The number of hydrogen-bond acceptors (Lipinski definition) is 4. The molecule has 0 atom stereocenters. The SMILES string of the molecule is CCc1ccc(/C=N\Nc2nncc3ccccc23)cc1. The quantitative estimate of drug-likeness (QED) is 0.584. The smallest absolute Gasteiger partial charge is 0.176 e. The summed E-state index contributed by atoms with van der Waals surface area (Å²) in [5, 5.41) is 14.4. The Hall–Kier alpha value is -2.75. The minimum absolute atomic E-state index is 0.662. The monoisotopic (exact) mass is 276 g/mol. The lowest BCUT2D eigenvalue weighted by molar-refractivity contribution is 1.04. The van der Waals surface area contributed by atoms with Crippen molar-refractivity contribution in [3.05, 3.63) is 65.9 Å². The predicted molar refractivity (Wildman–Crippen MR) is 86.6 cm³/mol. The van der Waals surface area contributed by atoms with Crippen LogP contribution in [0.5, 0.6) is 0 Å². The van der Waals surface area contributed by atoms with E-state index in [0.29, 0.717) is 5.82 Å². The number of hydrogen-bond donors (Lipinski definition) is 1. The molecule has 0 saturated heterocycles. The van der Waals surface area contributed by atoms with E-state index in [1.165, 1.54) is 5.56 Å². The molecule has 0 radical (unpaired) electrons. The number of hydrazone groups is 1. The maximum absolute atomic E-state index is 4.24. The summed E-state index contributed by atoms with van der Waals surface area (Å²) in [4.78, 5) is 0. The maximum Gasteiger partial charge on any atom is 0.176 e. The number of aryl methyl sites for hydroxylation is 1. The number of rotatable bonds is 4. The van der Waals surface area contributed by atoms with E-state index >= 15 is 0 Å². The Morgan fingerprint density at radius 3 is 2.71 bits per heavy atom. The third kappa shape index (κ3) is 3.05. The second-order valence-electron chi connectivity index (χ2n) is 4.75. The highest BCUT2D eigenvalue weighted by molar-refractivity contribution is 5.91. The van der Waals surface area contributed by atoms with Crippen LogP contribution in [0.15, 0.2) is 59.8 Å². The van der Waals surface area contributed by atoms with E-state index in [0.717, 1.165) is 22.8 Å². The zero-order valence-corrected chi connectivity index (χ0v) is 11.8. The van der Waals surface area contributed by atoms with Gasteiger partial charge in [-0.2, -0.15) is 10.2 Å². The Morgan fingerprint density at radius 1 is 1.10 bits per heavy atom. The highest BCUT2D eigenvalue weighted by Crippen LogP contribution is 2.18. The van der Waals surface area contributed by atoms with Crippen LogP contribution in [-0.2, 0) is 6.42 Å². The van der Waals surface area contributed by atoms with Gasteiger partial charge in [-0.05, 0) is 17.5 Å². The molecule has 0 aliphatic carbocycles. The normalized spacial score (nSPS) is 11.1. The molecule has 4 nitrogen and oxygen atoms in total. The molecule has 0 bridgehead atoms. The fraction of sp³-hybridized carbons (Fsp3) is 0.118. The fourth-order valence-electron chi connectivity index (χ4n) is 2.12. The number of nitrogens with zero attached hydrogens (tertiary/aromatic N) is 3. The molecule has 4 heteroatoms. The van der Waals surface area contributed by atoms with E-state index in [9.17, 15) is 0 Å². The second-order valence-corrected chi connectivity index (χ2v) is 4.75. The van der Waals surface area contributed by atoms with Gasteiger partial charge in [0.2, 0.25) is 0 Å². The van der Waals surface area contributed by atoms with E-state index in [4.69, 9.17) is 0 Å². The van der Waals surface area contributed by atoms with Crippen LogP contribution in [0.25, 0.3) is 10.8 Å². The van der Waals surface area contributed by atoms with Crippen LogP contribution in [0.3, 0.4) is 0 Å². The Labute approximate surface area is 123 Å². The molecule has 1 aromatic heterocycles. The molecule has 2 aromatic carbocycles. The van der Waals surface area contributed by atoms with Crippen LogP contribution < -0.4 is 5.43 Å². The number of fused-ring (bicyclic) bond motifs is 1. The summed E-state index contributed by atoms with van der Waals surface area (Å²) in [6.07, 6.45) is 4.57. The molecule has 3 aromatic rings. The average molecular weight is 276 g/mol. The summed E-state index contributed by atoms with van der Waals surface area (Å²) in [5.41, 5.74) is 5.33. The molecule has 0 aliphatic rings. The first-order chi connectivity index (χ1) is 10.4. The van der Waals surface area contributed by atoms with Crippen LogP contribution in [0.4, 0.5) is 5.82 Å². The van der Waals surface area contributed by atoms with Crippen LogP contribution in [0.1, 0.15) is 18.1 Å². The van der Waals surface area contributed by atoms with Crippen molar-refractivity contribution in [3.8, 4) is 0 Å². The van der Waals surface area contributed by atoms with Gasteiger partial charge in [-0.15, -0.1) is 5.10 Å². The van der Waals surface area contributed by atoms with E-state index < -0.39 is 0 Å². The number of anilines is 1. The van der Waals surface area contributed by atoms with Gasteiger partial charge in [0.05, 0.1) is 12.4 Å². The van der Waals surface area contributed by atoms with Gasteiger partial charge in [0, 0.05) is 10.8 Å². The average Bonchev–Trinajstić information content (AvgIpc) is 2.56. The van der Waals surface area contributed by atoms with Crippen LogP contribution in [0.2, 0.25) is 0 Å². The van der Waals surface area contributed by atoms with Gasteiger partial charge < -0.3 is 0 Å². The Kier molecular flexibility index (Phi) is 3.87. The lowest BCUT2D eigenvalue weighted by Gasteiger charge is -2.03. The third-order valence-electron chi connectivity index (χ3n) is 3.34. The van der Waals surface area contributed by atoms with E-state index in [-0.39, 0.29) is 0 Å². The number of nitrogens with one attached hydrogen (secondary N) is 1. The molecule has 0 fully saturated rings. The van der Waals surface area contributed by atoms with Crippen molar-refractivity contribution >= 4 is 22.8 Å². The first-order valence-electron chi connectivity index (χ1n) is 6.95. The highest BCUT2D eigenvalue weighted by atomic mass is 15.3. The second kappa shape index (κ2) is 6.13. The topological polar surface area (TPSA) is 50.2 Å². The third-order valence-corrected chi connectivity index (χ3v) is 3.34. The van der Waals surface area contributed by atoms with Gasteiger partial charge in [-0.25, -0.2) is 0 Å². The molecule has 104 valence electrons. The van der Waals surface area contributed by atoms with E-state index in [2.05, 4.69) is 51.9 Å². The van der Waals surface area contributed by atoms with Gasteiger partial charge in [-0.1, -0.05) is 55.5 Å². The van der Waals surface area contributed by atoms with Crippen molar-refractivity contribution in [2.75, 3.05) is 5.43 Å². The summed E-state index contributed by atoms with van der Waals surface area (Å²) in [6, 6.07) is 16.3. The van der Waals surface area contributed by atoms with Gasteiger partial charge in [0.1, 0.15) is 0 Å². The van der Waals surface area contributed by atoms with Gasteiger partial charge in [-0.3, -0.25) is 5.43 Å². The molecular formula is C17H16N4. The minimum atomic E-state index is 0.662. The minimum Gasteiger partial charge on any atom is -0.259 e. The van der Waals surface area contributed by atoms with E-state index in [1.807, 2.05) is 24.3 Å². The maximum atomic E-state index is 4.24. The van der Waals surface area contributed by atoms with Gasteiger partial charge in [0.15, 0.2) is 5.82 Å². The molecule has 3 rings (SSSR count). The molecular weight excluding hydrogens is 260 g/mol. The highest BCUT2D eigenvalue weighted by Gasteiger charge is 2.00. The van der Waals surface area contributed by atoms with Crippen molar-refractivity contribution in [1.29, 1.82) is 0 Å². The largest absolute Gasteiger partial charge is 0.259 e. The van der Waals surface area contributed by atoms with Crippen LogP contribution >= 0.6 is 0 Å². The first kappa shape index (κ1) is 13.2. The summed E-state index contributed by atoms with van der Waals surface area (Å²) in [5.74, 6) is 0.662. The molecule has 0 spiro atoms. The zero-order valence-electron chi connectivity index (χ0n) is 11.8. The van der Waals surface area contributed by atoms with Crippen molar-refractivity contribution in [3.63, 3.8) is 0 Å². The molecule has 0 aliphatic heterocycles. The molecule has 1 N–H and O–H groups in total. The standard InChI is InChI=1S/C17H16N4/c1-2-13-7-9-14(10-8-13)11-18-20-17-16-6-4-3-5-15(16)12-19-21-17/h3-12H,2H2,1H3,(H,20,21)/b18-11-. The van der Waals surface area contributed by atoms with Crippen molar-refractivity contribution in [2.24, 2.45) is 5.10 Å². The van der Waals surface area contributed by atoms with Crippen LogP contribution in [0, 0.1) is 0 Å². The summed E-state index contributed by atoms with van der Waals surface area (Å²) >= 11 is 0. The van der Waals surface area contributed by atoms with Gasteiger partial charge in [0.25, 0.3) is 0 Å². The molecule has 1 heterocycles. The Morgan fingerprint density at radius 2 is 1.90 bits per heavy atom. The van der Waals surface area contributed by atoms with Crippen molar-refractivity contribution in [1.82, 2.24) is 10.2 Å². The van der Waals surface area contributed by atoms with E-state index in [1.54, 1.807) is 12.4 Å². The summed E-state index contributed by atoms with van der Waals surface area (Å²) < 4.78 is 0. The molecule has 0 saturated carbocycles. The Bertz CT molecular complexity index is 758. The summed E-state index contributed by atoms with van der Waals surface area (Å²) in [7, 11) is 0. The lowest BCUT2D eigenvalue weighted by Crippen LogP contribution is -1.96. The number of benzene rings is 2. The Balaban J connectivity index is 1.78. The first-order valence-corrected chi connectivity index (χ1v) is 6.95. The van der Waals surface area contributed by atoms with Gasteiger partial charge >= 0.3 is 0 Å². The fourth-order valence-corrected chi connectivity index (χ4v) is 2.12. The molecule has 0 unspecified atom stereocenters. The van der Waals surface area contributed by atoms with Crippen molar-refractivity contribution in [2.45, 2.75) is 13.3 Å². The predicted octanol–water partition coefficient (Wildman–Crippen LogP) is 3.64. The summed E-state index contributed by atoms with van der Waals surface area (Å²) in [6.45, 7) is 2.14. The van der Waals surface area contributed by atoms with Crippen LogP contribution in [-0.4, -0.2) is 16.4 Å². The molecule has 21 heavy (non-hydrogen) atoms. The lowest BCUT2D eigenvalue weighted by atomic mass is 10.1.